The number of pyridine rings is 1. The Labute approximate surface area is 201 Å². The Kier molecular flexibility index (Phi) is 10.4. The van der Waals surface area contributed by atoms with Crippen LogP contribution >= 0.6 is 11.3 Å². The van der Waals surface area contributed by atoms with E-state index >= 15 is 0 Å². The summed E-state index contributed by atoms with van der Waals surface area (Å²) in [6.45, 7) is 5.53. The number of hydrogen-bond acceptors (Lipinski definition) is 9. The van der Waals surface area contributed by atoms with Gasteiger partial charge in [0.05, 0.1) is 13.2 Å². The molecule has 2 amide bonds. The average Bonchev–Trinajstić information content (AvgIpc) is 3.12. The van der Waals surface area contributed by atoms with Gasteiger partial charge in [-0.05, 0) is 33.0 Å². The zero-order chi connectivity index (χ0) is 25.1. The van der Waals surface area contributed by atoms with Crippen molar-refractivity contribution in [2.75, 3.05) is 51.0 Å². The Morgan fingerprint density at radius 3 is 2.71 bits per heavy atom. The number of ether oxygens (including phenoxy) is 1. The molecule has 2 aromatic heterocycles. The first-order valence-corrected chi connectivity index (χ1v) is 11.5. The summed E-state index contributed by atoms with van der Waals surface area (Å²) in [5.41, 5.74) is -0.431. The number of nitrogens with zero attached hydrogens (tertiary/aromatic N) is 4. The molecule has 0 aliphatic heterocycles. The Hall–Kier alpha value is -3.53. The molecule has 11 nitrogen and oxygen atoms in total. The van der Waals surface area contributed by atoms with E-state index in [9.17, 15) is 19.6 Å². The first-order chi connectivity index (χ1) is 16.3. The van der Waals surface area contributed by atoms with Crippen LogP contribution in [0.2, 0.25) is 0 Å². The molecule has 3 N–H and O–H groups in total. The summed E-state index contributed by atoms with van der Waals surface area (Å²) in [7, 11) is 3.42. The van der Waals surface area contributed by atoms with Crippen LogP contribution in [0, 0.1) is 11.3 Å². The van der Waals surface area contributed by atoms with Crippen LogP contribution in [0.5, 0.6) is 0 Å². The van der Waals surface area contributed by atoms with Crippen molar-refractivity contribution >= 4 is 46.6 Å². The number of nitrogens with one attached hydrogen (secondary N) is 3. The molecular weight excluding hydrogens is 458 g/mol. The second kappa shape index (κ2) is 13.2. The molecule has 12 heteroatoms. The highest BCUT2D eigenvalue weighted by molar-refractivity contribution is 7.07. The number of rotatable bonds is 11. The van der Waals surface area contributed by atoms with Gasteiger partial charge in [-0.1, -0.05) is 6.07 Å². The summed E-state index contributed by atoms with van der Waals surface area (Å²) >= 11 is 1.04. The predicted molar refractivity (Wildman–Crippen MR) is 132 cm³/mol. The zero-order valence-corrected chi connectivity index (χ0v) is 20.5. The minimum atomic E-state index is -0.522. The molecule has 0 spiro atoms. The average molecular weight is 488 g/mol. The van der Waals surface area contributed by atoms with Gasteiger partial charge >= 0.3 is 0 Å². The van der Waals surface area contributed by atoms with Gasteiger partial charge < -0.3 is 20.7 Å². The van der Waals surface area contributed by atoms with Crippen LogP contribution in [0.3, 0.4) is 0 Å². The summed E-state index contributed by atoms with van der Waals surface area (Å²) in [6.07, 6.45) is 1.47. The van der Waals surface area contributed by atoms with E-state index in [1.54, 1.807) is 39.2 Å². The van der Waals surface area contributed by atoms with Crippen LogP contribution in [-0.2, 0) is 20.9 Å². The summed E-state index contributed by atoms with van der Waals surface area (Å²) < 4.78 is 6.99. The van der Waals surface area contributed by atoms with Gasteiger partial charge in [0, 0.05) is 32.9 Å². The van der Waals surface area contributed by atoms with E-state index in [0.29, 0.717) is 47.1 Å². The Balaban J connectivity index is 2.26. The van der Waals surface area contributed by atoms with E-state index in [2.05, 4.69) is 20.9 Å². The molecule has 2 heterocycles. The topological polar surface area (TPSA) is 141 Å². The molecule has 0 unspecified atom stereocenters. The third kappa shape index (κ3) is 7.24. The van der Waals surface area contributed by atoms with Crippen LogP contribution < -0.4 is 30.7 Å². The quantitative estimate of drug-likeness (QED) is 0.385. The number of methoxy groups -OCH3 is 1. The third-order valence-electron chi connectivity index (χ3n) is 4.57. The van der Waals surface area contributed by atoms with Crippen molar-refractivity contribution in [2.45, 2.75) is 20.4 Å². The van der Waals surface area contributed by atoms with Gasteiger partial charge in [0.25, 0.3) is 11.5 Å². The Morgan fingerprint density at radius 1 is 1.32 bits per heavy atom. The fourth-order valence-electron chi connectivity index (χ4n) is 2.92. The molecule has 0 radical (unpaired) electrons. The van der Waals surface area contributed by atoms with Crippen LogP contribution in [-0.4, -0.2) is 66.7 Å². The lowest BCUT2D eigenvalue weighted by atomic mass is 10.3. The molecule has 0 atom stereocenters. The molecule has 0 aliphatic rings. The number of hydrogen-bond donors (Lipinski definition) is 3. The van der Waals surface area contributed by atoms with Crippen LogP contribution in [0.4, 0.5) is 11.6 Å². The van der Waals surface area contributed by atoms with Gasteiger partial charge in [0.1, 0.15) is 26.9 Å². The fraction of sp³-hybridized carbons (Fsp3) is 0.409. The molecule has 0 bridgehead atoms. The van der Waals surface area contributed by atoms with Crippen LogP contribution in [0.25, 0.3) is 11.8 Å². The van der Waals surface area contributed by atoms with E-state index in [4.69, 9.17) is 4.74 Å². The highest BCUT2D eigenvalue weighted by atomic mass is 32.1. The second-order valence-corrected chi connectivity index (χ2v) is 8.17. The van der Waals surface area contributed by atoms with Crippen molar-refractivity contribution in [3.05, 3.63) is 37.7 Å². The van der Waals surface area contributed by atoms with Crippen molar-refractivity contribution in [3.63, 3.8) is 0 Å². The fourth-order valence-corrected chi connectivity index (χ4v) is 4.00. The molecule has 34 heavy (non-hydrogen) atoms. The smallest absolute Gasteiger partial charge is 0.270 e. The van der Waals surface area contributed by atoms with E-state index in [1.165, 1.54) is 10.8 Å². The maximum absolute atomic E-state index is 12.8. The number of aromatic nitrogens is 2. The summed E-state index contributed by atoms with van der Waals surface area (Å²) in [5, 5.41) is 17.7. The lowest BCUT2D eigenvalue weighted by Gasteiger charge is -2.15. The monoisotopic (exact) mass is 487 g/mol. The second-order valence-electron chi connectivity index (χ2n) is 7.14. The number of carbonyl (C=O) groups is 2. The zero-order valence-electron chi connectivity index (χ0n) is 19.7. The van der Waals surface area contributed by atoms with Gasteiger partial charge in [0.15, 0.2) is 5.57 Å². The molecule has 0 aromatic carbocycles. The number of anilines is 2. The van der Waals surface area contributed by atoms with Crippen molar-refractivity contribution in [3.8, 4) is 6.07 Å². The van der Waals surface area contributed by atoms with E-state index in [1.807, 2.05) is 18.0 Å². The number of nitriles is 1. The Bertz CT molecular complexity index is 1230. The largest absolute Gasteiger partial charge is 0.383 e. The maximum atomic E-state index is 12.8. The molecule has 2 rings (SSSR count). The highest BCUT2D eigenvalue weighted by Crippen LogP contribution is 2.09. The van der Waals surface area contributed by atoms with Crippen molar-refractivity contribution in [1.82, 2.24) is 19.8 Å². The minimum absolute atomic E-state index is 0.108. The van der Waals surface area contributed by atoms with Crippen molar-refractivity contribution < 1.29 is 14.3 Å². The number of thiazole rings is 1. The van der Waals surface area contributed by atoms with Crippen LogP contribution in [0.1, 0.15) is 13.8 Å². The predicted octanol–water partition coefficient (Wildman–Crippen LogP) is -0.498. The summed E-state index contributed by atoms with van der Waals surface area (Å²) in [5.74, 6) is 0.0330. The SMILES string of the molecule is CCNC(=O)C(C#N)=c1sc(=CNc2cccc(NC(=O)CN(C)CCOC)n2)c(=O)n1CC. The number of amides is 2. The normalized spacial score (nSPS) is 12.3. The summed E-state index contributed by atoms with van der Waals surface area (Å²) in [6, 6.07) is 6.96. The lowest BCUT2D eigenvalue weighted by molar-refractivity contribution is -0.117. The van der Waals surface area contributed by atoms with Gasteiger partial charge in [0.2, 0.25) is 5.91 Å². The van der Waals surface area contributed by atoms with Crippen molar-refractivity contribution in [1.29, 1.82) is 5.26 Å². The molecule has 0 saturated heterocycles. The lowest BCUT2D eigenvalue weighted by Crippen LogP contribution is -2.34. The molecule has 0 fully saturated rings. The van der Waals surface area contributed by atoms with E-state index < -0.39 is 5.91 Å². The molecule has 2 aromatic rings. The highest BCUT2D eigenvalue weighted by Gasteiger charge is 2.14. The van der Waals surface area contributed by atoms with Gasteiger partial charge in [-0.25, -0.2) is 4.98 Å². The number of carbonyl (C=O) groups excluding carboxylic acids is 2. The van der Waals surface area contributed by atoms with Gasteiger partial charge in [-0.3, -0.25) is 23.9 Å². The maximum Gasteiger partial charge on any atom is 0.270 e. The standard InChI is InChI=1S/C22H29N7O4S/c1-5-24-20(31)15(12-23)22-29(6-2)21(32)16(34-22)13-25-17-8-7-9-18(26-17)27-19(30)14-28(3)10-11-33-4/h7-9,13H,5-6,10-11,14H2,1-4H3,(H,24,31)(H2,25,26,27,30). The molecule has 182 valence electrons. The molecular formula is C22H29N7O4S. The van der Waals surface area contributed by atoms with E-state index in [0.717, 1.165) is 11.3 Å². The molecule has 0 aliphatic carbocycles. The first kappa shape index (κ1) is 26.7. The minimum Gasteiger partial charge on any atom is -0.383 e. The van der Waals surface area contributed by atoms with Gasteiger partial charge in [-0.15, -0.1) is 11.3 Å². The number of likely N-dealkylation sites (N-methyl/N-ethyl adjacent to an activating group) is 1. The van der Waals surface area contributed by atoms with Crippen molar-refractivity contribution in [2.24, 2.45) is 0 Å². The first-order valence-electron chi connectivity index (χ1n) is 10.7. The summed E-state index contributed by atoms with van der Waals surface area (Å²) in [4.78, 5) is 43.4. The Morgan fingerprint density at radius 2 is 2.06 bits per heavy atom. The van der Waals surface area contributed by atoms with Gasteiger partial charge in [-0.2, -0.15) is 5.26 Å². The third-order valence-corrected chi connectivity index (χ3v) is 5.70. The van der Waals surface area contributed by atoms with Crippen LogP contribution in [0.15, 0.2) is 23.0 Å². The molecule has 0 saturated carbocycles. The van der Waals surface area contributed by atoms with E-state index in [-0.39, 0.29) is 23.6 Å².